The van der Waals surface area contributed by atoms with Gasteiger partial charge in [-0.25, -0.2) is 19.9 Å². The fraction of sp³-hybridized carbons (Fsp3) is 0.364. The van der Waals surface area contributed by atoms with Gasteiger partial charge in [0.15, 0.2) is 0 Å². The molecule has 0 amide bonds. The Labute approximate surface area is 174 Å². The highest BCUT2D eigenvalue weighted by atomic mass is 16.5. The summed E-state index contributed by atoms with van der Waals surface area (Å²) in [6.45, 7) is 0.655. The van der Waals surface area contributed by atoms with Crippen LogP contribution >= 0.6 is 0 Å². The number of rotatable bonds is 7. The third-order valence-corrected chi connectivity index (χ3v) is 5.56. The predicted molar refractivity (Wildman–Crippen MR) is 115 cm³/mol. The number of nitrogens with one attached hydrogen (secondary N) is 3. The molecule has 1 fully saturated rings. The Morgan fingerprint density at radius 3 is 2.83 bits per heavy atom. The molecule has 30 heavy (non-hydrogen) atoms. The quantitative estimate of drug-likeness (QED) is 0.557. The van der Waals surface area contributed by atoms with Gasteiger partial charge in [0.25, 0.3) is 0 Å². The van der Waals surface area contributed by atoms with E-state index in [4.69, 9.17) is 4.74 Å². The van der Waals surface area contributed by atoms with Crippen molar-refractivity contribution in [1.82, 2.24) is 30.2 Å². The molecule has 5 rings (SSSR count). The van der Waals surface area contributed by atoms with E-state index in [0.717, 1.165) is 47.0 Å². The van der Waals surface area contributed by atoms with Gasteiger partial charge in [0.2, 0.25) is 5.95 Å². The number of anilines is 1. The predicted octanol–water partition coefficient (Wildman–Crippen LogP) is 3.08. The van der Waals surface area contributed by atoms with E-state index in [9.17, 15) is 0 Å². The first kappa shape index (κ1) is 18.7. The summed E-state index contributed by atoms with van der Waals surface area (Å²) in [5.41, 5.74) is 4.17. The number of hydrogen-bond donors (Lipinski definition) is 3. The highest BCUT2D eigenvalue weighted by Crippen LogP contribution is 2.23. The first-order valence-corrected chi connectivity index (χ1v) is 10.4. The zero-order chi connectivity index (χ0) is 20.2. The monoisotopic (exact) mass is 403 g/mol. The van der Waals surface area contributed by atoms with Crippen molar-refractivity contribution >= 4 is 17.0 Å². The molecule has 4 heterocycles. The lowest BCUT2D eigenvalue weighted by molar-refractivity contribution is 0.00648. The van der Waals surface area contributed by atoms with E-state index < -0.39 is 0 Å². The topological polar surface area (TPSA) is 101 Å². The minimum atomic E-state index is -0.0571. The van der Waals surface area contributed by atoms with Gasteiger partial charge in [0.1, 0.15) is 18.2 Å². The highest BCUT2D eigenvalue weighted by molar-refractivity contribution is 5.78. The minimum Gasteiger partial charge on any atom is -0.363 e. The molecule has 1 atom stereocenters. The van der Waals surface area contributed by atoms with Gasteiger partial charge in [-0.15, -0.1) is 0 Å². The molecule has 154 valence electrons. The summed E-state index contributed by atoms with van der Waals surface area (Å²) in [6.07, 6.45) is 21.1. The van der Waals surface area contributed by atoms with Crippen molar-refractivity contribution in [2.45, 2.75) is 44.4 Å². The van der Waals surface area contributed by atoms with E-state index in [-0.39, 0.29) is 6.23 Å². The average molecular weight is 403 g/mol. The van der Waals surface area contributed by atoms with Crippen molar-refractivity contribution in [2.75, 3.05) is 11.9 Å². The largest absolute Gasteiger partial charge is 0.363 e. The maximum atomic E-state index is 6.12. The zero-order valence-electron chi connectivity index (χ0n) is 16.7. The van der Waals surface area contributed by atoms with Crippen LogP contribution in [-0.4, -0.2) is 43.8 Å². The summed E-state index contributed by atoms with van der Waals surface area (Å²) in [6, 6.07) is 0. The van der Waals surface area contributed by atoms with Crippen molar-refractivity contribution in [3.05, 3.63) is 66.2 Å². The molecule has 0 saturated heterocycles. The second kappa shape index (κ2) is 8.62. The SMILES string of the molecule is C1=CC(CNc2ncc(Cc3c[nH]c4ncncc34)cn2)=CC(OC2CCCC2)N1. The maximum Gasteiger partial charge on any atom is 0.222 e. The van der Waals surface area contributed by atoms with E-state index in [1.54, 1.807) is 6.33 Å². The van der Waals surface area contributed by atoms with Crippen molar-refractivity contribution in [3.63, 3.8) is 0 Å². The Balaban J connectivity index is 1.17. The zero-order valence-corrected chi connectivity index (χ0v) is 16.7. The number of dihydropyridines is 1. The number of hydrogen-bond acceptors (Lipinski definition) is 7. The second-order valence-corrected chi connectivity index (χ2v) is 7.75. The number of nitrogens with zero attached hydrogens (tertiary/aromatic N) is 4. The summed E-state index contributed by atoms with van der Waals surface area (Å²) in [7, 11) is 0. The van der Waals surface area contributed by atoms with Gasteiger partial charge in [-0.05, 0) is 47.9 Å². The number of fused-ring (bicyclic) bond motifs is 1. The van der Waals surface area contributed by atoms with E-state index in [0.29, 0.717) is 18.6 Å². The van der Waals surface area contributed by atoms with Crippen LogP contribution < -0.4 is 10.6 Å². The first-order chi connectivity index (χ1) is 14.8. The van der Waals surface area contributed by atoms with Crippen molar-refractivity contribution in [1.29, 1.82) is 0 Å². The maximum absolute atomic E-state index is 6.12. The Morgan fingerprint density at radius 1 is 1.10 bits per heavy atom. The molecule has 1 aliphatic carbocycles. The smallest absolute Gasteiger partial charge is 0.222 e. The van der Waals surface area contributed by atoms with Crippen LogP contribution in [0.5, 0.6) is 0 Å². The molecule has 0 radical (unpaired) electrons. The Morgan fingerprint density at radius 2 is 1.97 bits per heavy atom. The van der Waals surface area contributed by atoms with Gasteiger partial charge in [0, 0.05) is 43.1 Å². The molecule has 0 aromatic carbocycles. The van der Waals surface area contributed by atoms with E-state index >= 15 is 0 Å². The van der Waals surface area contributed by atoms with Crippen LogP contribution in [0.1, 0.15) is 36.8 Å². The number of ether oxygens (including phenoxy) is 1. The summed E-state index contributed by atoms with van der Waals surface area (Å²) < 4.78 is 6.12. The molecule has 1 aliphatic heterocycles. The van der Waals surface area contributed by atoms with Crippen LogP contribution in [0, 0.1) is 0 Å². The van der Waals surface area contributed by atoms with Gasteiger partial charge in [-0.1, -0.05) is 12.8 Å². The van der Waals surface area contributed by atoms with E-state index in [2.05, 4.69) is 47.7 Å². The van der Waals surface area contributed by atoms with Crippen LogP contribution in [0.15, 0.2) is 55.0 Å². The lowest BCUT2D eigenvalue weighted by atomic mass is 10.1. The lowest BCUT2D eigenvalue weighted by Crippen LogP contribution is -2.32. The van der Waals surface area contributed by atoms with Gasteiger partial charge in [-0.3, -0.25) is 0 Å². The van der Waals surface area contributed by atoms with Gasteiger partial charge in [-0.2, -0.15) is 0 Å². The number of aromatic amines is 1. The Kier molecular flexibility index (Phi) is 5.39. The summed E-state index contributed by atoms with van der Waals surface area (Å²) in [4.78, 5) is 20.4. The van der Waals surface area contributed by atoms with E-state index in [1.165, 1.54) is 12.8 Å². The minimum absolute atomic E-state index is 0.0571. The number of H-pyrrole nitrogens is 1. The van der Waals surface area contributed by atoms with Crippen molar-refractivity contribution in [2.24, 2.45) is 0 Å². The fourth-order valence-corrected chi connectivity index (χ4v) is 3.97. The fourth-order valence-electron chi connectivity index (χ4n) is 3.97. The molecule has 0 spiro atoms. The molecule has 3 aromatic heterocycles. The van der Waals surface area contributed by atoms with Crippen LogP contribution in [0.4, 0.5) is 5.95 Å². The molecule has 1 unspecified atom stereocenters. The third-order valence-electron chi connectivity index (χ3n) is 5.56. The molecule has 8 nitrogen and oxygen atoms in total. The van der Waals surface area contributed by atoms with E-state index in [1.807, 2.05) is 31.0 Å². The molecule has 2 aliphatic rings. The Bertz CT molecular complexity index is 1050. The van der Waals surface area contributed by atoms with Crippen LogP contribution in [0.3, 0.4) is 0 Å². The van der Waals surface area contributed by atoms with Crippen molar-refractivity contribution < 1.29 is 4.74 Å². The second-order valence-electron chi connectivity index (χ2n) is 7.75. The molecule has 3 N–H and O–H groups in total. The molecule has 8 heteroatoms. The molecular weight excluding hydrogens is 378 g/mol. The molecule has 1 saturated carbocycles. The summed E-state index contributed by atoms with van der Waals surface area (Å²) in [5.74, 6) is 0.613. The van der Waals surface area contributed by atoms with Crippen LogP contribution in [0.2, 0.25) is 0 Å². The normalized spacial score (nSPS) is 19.1. The van der Waals surface area contributed by atoms with Gasteiger partial charge >= 0.3 is 0 Å². The molecule has 0 bridgehead atoms. The highest BCUT2D eigenvalue weighted by Gasteiger charge is 2.20. The average Bonchev–Trinajstić information content (AvgIpc) is 3.44. The first-order valence-electron chi connectivity index (χ1n) is 10.4. The lowest BCUT2D eigenvalue weighted by Gasteiger charge is -2.23. The Hall–Kier alpha value is -3.26. The molecule has 3 aromatic rings. The number of aromatic nitrogens is 5. The summed E-state index contributed by atoms with van der Waals surface area (Å²) >= 11 is 0. The summed E-state index contributed by atoms with van der Waals surface area (Å²) in [5, 5.41) is 7.59. The van der Waals surface area contributed by atoms with Gasteiger partial charge in [0.05, 0.1) is 6.10 Å². The standard InChI is InChI=1S/C22H25N7O/c1-2-4-18(3-1)30-20-8-15(5-6-24-20)9-26-22-27-10-16(11-28-22)7-17-12-25-21-19(17)13-23-14-29-21/h5-6,8,10-14,18,20,24H,1-4,7,9H2,(H,23,25,29)(H,26,27,28). The van der Waals surface area contributed by atoms with Gasteiger partial charge < -0.3 is 20.4 Å². The van der Waals surface area contributed by atoms with Crippen LogP contribution in [-0.2, 0) is 11.2 Å². The van der Waals surface area contributed by atoms with Crippen LogP contribution in [0.25, 0.3) is 11.0 Å². The molecular formula is C22H25N7O. The van der Waals surface area contributed by atoms with Crippen molar-refractivity contribution in [3.8, 4) is 0 Å². The third kappa shape index (κ3) is 4.33.